The van der Waals surface area contributed by atoms with Crippen LogP contribution in [0.2, 0.25) is 0 Å². The lowest BCUT2D eigenvalue weighted by Crippen LogP contribution is -2.48. The minimum absolute atomic E-state index is 0.00974. The number of rotatable bonds is 13. The van der Waals surface area contributed by atoms with Gasteiger partial charge in [0.05, 0.1) is 53.8 Å². The predicted molar refractivity (Wildman–Crippen MR) is 226 cm³/mol. The highest BCUT2D eigenvalue weighted by molar-refractivity contribution is 6.08. The van der Waals surface area contributed by atoms with Crippen molar-refractivity contribution in [3.63, 3.8) is 0 Å². The van der Waals surface area contributed by atoms with E-state index < -0.39 is 23.9 Å². The largest absolute Gasteiger partial charge is 0.374 e. The molecule has 2 bridgehead atoms. The smallest absolute Gasteiger partial charge is 0.284 e. The van der Waals surface area contributed by atoms with Crippen LogP contribution < -0.4 is 15.5 Å². The van der Waals surface area contributed by atoms with Crippen molar-refractivity contribution in [1.82, 2.24) is 49.3 Å². The molecule has 5 aliphatic rings. The van der Waals surface area contributed by atoms with Gasteiger partial charge in [-0.3, -0.25) is 29.1 Å². The summed E-state index contributed by atoms with van der Waals surface area (Å²) in [6.07, 6.45) is 10.6. The van der Waals surface area contributed by atoms with E-state index in [2.05, 4.69) is 41.6 Å². The van der Waals surface area contributed by atoms with Gasteiger partial charge in [0.25, 0.3) is 12.3 Å². The van der Waals surface area contributed by atoms with Gasteiger partial charge in [-0.1, -0.05) is 18.2 Å². The number of hydrogen-bond acceptors (Lipinski definition) is 11. The third-order valence-corrected chi connectivity index (χ3v) is 13.9. The van der Waals surface area contributed by atoms with Gasteiger partial charge >= 0.3 is 0 Å². The number of unbranched alkanes of at least 4 members (excludes halogenated alkanes) is 1. The average molecular weight is 853 g/mol. The van der Waals surface area contributed by atoms with Crippen molar-refractivity contribution in [1.29, 1.82) is 0 Å². The molecule has 2 N–H and O–H groups in total. The molecule has 3 atom stereocenters. The molecule has 18 heteroatoms. The first-order valence-electron chi connectivity index (χ1n) is 22.3. The summed E-state index contributed by atoms with van der Waals surface area (Å²) >= 11 is 0. The number of carbonyl (C=O) groups excluding carboxylic acids is 3. The van der Waals surface area contributed by atoms with Crippen molar-refractivity contribution in [3.05, 3.63) is 65.4 Å². The molecular formula is C44H54F2N12O4. The van der Waals surface area contributed by atoms with E-state index in [1.807, 2.05) is 29.9 Å². The van der Waals surface area contributed by atoms with Gasteiger partial charge in [0.1, 0.15) is 11.4 Å². The van der Waals surface area contributed by atoms with E-state index >= 15 is 0 Å². The van der Waals surface area contributed by atoms with Gasteiger partial charge in [0, 0.05) is 70.5 Å². The molecule has 5 aromatic rings. The lowest BCUT2D eigenvalue weighted by molar-refractivity contribution is -0.134. The fourth-order valence-electron chi connectivity index (χ4n) is 10.6. The number of morpholine rings is 1. The molecule has 62 heavy (non-hydrogen) atoms. The van der Waals surface area contributed by atoms with Gasteiger partial charge in [0.15, 0.2) is 11.3 Å². The van der Waals surface area contributed by atoms with E-state index in [1.54, 1.807) is 17.1 Å². The molecule has 5 fully saturated rings. The Balaban J connectivity index is 0.678. The second-order valence-corrected chi connectivity index (χ2v) is 17.9. The molecule has 0 spiro atoms. The van der Waals surface area contributed by atoms with E-state index in [0.29, 0.717) is 31.0 Å². The summed E-state index contributed by atoms with van der Waals surface area (Å²) in [5, 5.41) is 19.5. The van der Waals surface area contributed by atoms with Crippen molar-refractivity contribution in [3.8, 4) is 0 Å². The number of amides is 3. The van der Waals surface area contributed by atoms with E-state index in [-0.39, 0.29) is 41.3 Å². The summed E-state index contributed by atoms with van der Waals surface area (Å²) in [4.78, 5) is 49.9. The number of nitrogens with one attached hydrogen (secondary N) is 2. The number of ether oxygens (including phenoxy) is 1. The molecule has 1 unspecified atom stereocenters. The Morgan fingerprint density at radius 2 is 1.82 bits per heavy atom. The molecular weight excluding hydrogens is 799 g/mol. The Hall–Kier alpha value is -5.33. The van der Waals surface area contributed by atoms with E-state index in [4.69, 9.17) is 14.8 Å². The highest BCUT2D eigenvalue weighted by atomic mass is 19.3. The summed E-state index contributed by atoms with van der Waals surface area (Å²) in [7, 11) is 1.93. The number of nitrogens with zero attached hydrogens (tertiary/aromatic N) is 10. The van der Waals surface area contributed by atoms with E-state index in [9.17, 15) is 23.2 Å². The lowest BCUT2D eigenvalue weighted by atomic mass is 9.85. The maximum absolute atomic E-state index is 14.3. The van der Waals surface area contributed by atoms with E-state index in [1.165, 1.54) is 16.3 Å². The summed E-state index contributed by atoms with van der Waals surface area (Å²) in [5.41, 5.74) is 3.22. The van der Waals surface area contributed by atoms with Crippen LogP contribution in [0, 0.1) is 5.92 Å². The standard InChI is InChI=1S/C44H54F2N12O4/c1-53-40-28(6-4-7-32(40)38(51-53)33-12-13-37(59)50-43(33)60)5-2-3-15-54-17-19-55(20-18-54)23-27-8-10-29(11-9-27)58-25-35(39(52-58)41(45)46)48-44(61)34-22-47-57-16-14-36(49-42(34)57)56-24-31-21-30(56)26-62-31/h4,6-7,14,16,22,25,27,29-31,33,41H,2-3,5,8-13,15,17-21,23-24,26H2,1H3,(H,48,61)(H,50,59,60)/t27?,29?,30-,31-,33?/m1/s1. The Kier molecular flexibility index (Phi) is 11.2. The molecule has 1 saturated carbocycles. The fraction of sp³-hybridized carbons (Fsp3) is 0.568. The second-order valence-electron chi connectivity index (χ2n) is 17.9. The zero-order valence-corrected chi connectivity index (χ0v) is 35.1. The van der Waals surface area contributed by atoms with Crippen molar-refractivity contribution in [2.45, 2.75) is 94.7 Å². The first-order chi connectivity index (χ1) is 30.1. The first kappa shape index (κ1) is 40.7. The van der Waals surface area contributed by atoms with Gasteiger partial charge in [-0.2, -0.15) is 15.3 Å². The van der Waals surface area contributed by atoms with Crippen molar-refractivity contribution in [2.75, 3.05) is 62.6 Å². The molecule has 8 heterocycles. The zero-order chi connectivity index (χ0) is 42.5. The van der Waals surface area contributed by atoms with Gasteiger partial charge in [-0.25, -0.2) is 18.3 Å². The van der Waals surface area contributed by atoms with Gasteiger partial charge in [-0.05, 0) is 81.9 Å². The van der Waals surface area contributed by atoms with Crippen LogP contribution in [0.25, 0.3) is 16.6 Å². The zero-order valence-electron chi connectivity index (χ0n) is 35.1. The van der Waals surface area contributed by atoms with Crippen LogP contribution in [0.1, 0.15) is 103 Å². The minimum atomic E-state index is -2.84. The summed E-state index contributed by atoms with van der Waals surface area (Å²) in [5.74, 6) is -0.147. The molecule has 4 aromatic heterocycles. The Bertz CT molecular complexity index is 2470. The van der Waals surface area contributed by atoms with Crippen LogP contribution in [0.4, 0.5) is 20.3 Å². The molecule has 0 radical (unpaired) electrons. The number of aryl methyl sites for hydroxylation is 2. The normalized spacial score (nSPS) is 24.8. The number of benzene rings is 1. The number of aromatic nitrogens is 7. The quantitative estimate of drug-likeness (QED) is 0.123. The van der Waals surface area contributed by atoms with Gasteiger partial charge < -0.3 is 24.8 Å². The fourth-order valence-corrected chi connectivity index (χ4v) is 10.6. The monoisotopic (exact) mass is 852 g/mol. The van der Waals surface area contributed by atoms with Gasteiger partial charge in [-0.15, -0.1) is 0 Å². The summed E-state index contributed by atoms with van der Waals surface area (Å²) in [6.45, 7) is 7.66. The van der Waals surface area contributed by atoms with Crippen LogP contribution in [-0.2, 0) is 27.8 Å². The Labute approximate surface area is 357 Å². The lowest BCUT2D eigenvalue weighted by Gasteiger charge is -2.38. The van der Waals surface area contributed by atoms with Gasteiger partial charge in [0.2, 0.25) is 11.8 Å². The molecule has 16 nitrogen and oxygen atoms in total. The predicted octanol–water partition coefficient (Wildman–Crippen LogP) is 4.87. The molecule has 4 saturated heterocycles. The highest BCUT2D eigenvalue weighted by Gasteiger charge is 2.40. The van der Waals surface area contributed by atoms with E-state index in [0.717, 1.165) is 120 Å². The number of imide groups is 1. The molecule has 4 aliphatic heterocycles. The third-order valence-electron chi connectivity index (χ3n) is 13.9. The number of halogens is 2. The molecule has 328 valence electrons. The number of alkyl halides is 2. The molecule has 10 rings (SSSR count). The first-order valence-corrected chi connectivity index (χ1v) is 22.3. The average Bonchev–Trinajstić information content (AvgIpc) is 4.13. The number of fused-ring (bicyclic) bond motifs is 4. The summed E-state index contributed by atoms with van der Waals surface area (Å²) in [6, 6.07) is 8.35. The number of piperidine rings is 1. The van der Waals surface area contributed by atoms with Crippen molar-refractivity contribution < 1.29 is 27.9 Å². The molecule has 1 aliphatic carbocycles. The van der Waals surface area contributed by atoms with Crippen LogP contribution in [0.15, 0.2) is 42.9 Å². The number of para-hydroxylation sites is 1. The minimum Gasteiger partial charge on any atom is -0.374 e. The molecule has 1 aromatic carbocycles. The Morgan fingerprint density at radius 3 is 2.58 bits per heavy atom. The second kappa shape index (κ2) is 17.1. The number of anilines is 2. The Morgan fingerprint density at radius 1 is 1.00 bits per heavy atom. The number of carbonyl (C=O) groups is 3. The maximum atomic E-state index is 14.3. The van der Waals surface area contributed by atoms with Crippen LogP contribution >= 0.6 is 0 Å². The van der Waals surface area contributed by atoms with Crippen LogP contribution in [0.5, 0.6) is 0 Å². The van der Waals surface area contributed by atoms with Crippen molar-refractivity contribution in [2.24, 2.45) is 13.0 Å². The van der Waals surface area contributed by atoms with Crippen LogP contribution in [-0.4, -0.2) is 126 Å². The van der Waals surface area contributed by atoms with Crippen LogP contribution in [0.3, 0.4) is 0 Å². The third kappa shape index (κ3) is 8.07. The highest BCUT2D eigenvalue weighted by Crippen LogP contribution is 2.37. The molecule has 3 amide bonds. The summed E-state index contributed by atoms with van der Waals surface area (Å²) < 4.78 is 39.4. The topological polar surface area (TPSA) is 160 Å². The maximum Gasteiger partial charge on any atom is 0.284 e. The SMILES string of the molecule is Cn1nc(C2CCC(=O)NC2=O)c2cccc(CCCCN3CCN(CC4CCC(n5cc(NC(=O)c6cnn7ccc(N8C[C@H]9C[C@@H]8CO9)nc67)c(C(F)F)n5)CC4)CC3)c21. The number of hydrogen-bond donors (Lipinski definition) is 2. The number of piperazine rings is 1. The van der Waals surface area contributed by atoms with Crippen molar-refractivity contribution >= 4 is 45.8 Å².